The first kappa shape index (κ1) is 9.59. The van der Waals surface area contributed by atoms with E-state index >= 15 is 0 Å². The van der Waals surface area contributed by atoms with Crippen LogP contribution in [-0.4, -0.2) is 13.6 Å². The monoisotopic (exact) mass is 197 g/mol. The Morgan fingerprint density at radius 1 is 1.21 bits per heavy atom. The SMILES string of the molecule is CNCC1(c2cc(F)cc(F)c2)CC1. The molecule has 0 aromatic heterocycles. The van der Waals surface area contributed by atoms with E-state index in [0.29, 0.717) is 0 Å². The number of nitrogens with one attached hydrogen (secondary N) is 1. The summed E-state index contributed by atoms with van der Waals surface area (Å²) in [7, 11) is 1.86. The molecular weight excluding hydrogens is 184 g/mol. The topological polar surface area (TPSA) is 12.0 Å². The molecule has 1 saturated carbocycles. The molecule has 2 rings (SSSR count). The smallest absolute Gasteiger partial charge is 0.126 e. The molecule has 1 aromatic carbocycles. The van der Waals surface area contributed by atoms with Crippen LogP contribution in [0.4, 0.5) is 8.78 Å². The molecular formula is C11H13F2N. The molecule has 1 nitrogen and oxygen atoms in total. The molecule has 1 aliphatic carbocycles. The summed E-state index contributed by atoms with van der Waals surface area (Å²) in [5.74, 6) is -0.968. The number of likely N-dealkylation sites (N-methyl/N-ethyl adjacent to an activating group) is 1. The second-order valence-electron chi connectivity index (χ2n) is 3.97. The summed E-state index contributed by atoms with van der Waals surface area (Å²) < 4.78 is 25.9. The van der Waals surface area contributed by atoms with Gasteiger partial charge in [0.05, 0.1) is 0 Å². The van der Waals surface area contributed by atoms with Crippen molar-refractivity contribution in [1.82, 2.24) is 5.32 Å². The second-order valence-corrected chi connectivity index (χ2v) is 3.97. The Morgan fingerprint density at radius 2 is 1.79 bits per heavy atom. The van der Waals surface area contributed by atoms with E-state index in [0.717, 1.165) is 31.0 Å². The molecule has 1 N–H and O–H groups in total. The fourth-order valence-electron chi connectivity index (χ4n) is 1.92. The average molecular weight is 197 g/mol. The first-order valence-corrected chi connectivity index (χ1v) is 4.77. The van der Waals surface area contributed by atoms with Crippen LogP contribution in [0.1, 0.15) is 18.4 Å². The number of halogens is 2. The van der Waals surface area contributed by atoms with Crippen molar-refractivity contribution in [3.63, 3.8) is 0 Å². The summed E-state index contributed by atoms with van der Waals surface area (Å²) >= 11 is 0. The summed E-state index contributed by atoms with van der Waals surface area (Å²) in [4.78, 5) is 0. The molecule has 0 amide bonds. The van der Waals surface area contributed by atoms with Gasteiger partial charge in [-0.2, -0.15) is 0 Å². The molecule has 0 heterocycles. The van der Waals surface area contributed by atoms with Gasteiger partial charge in [-0.25, -0.2) is 8.78 Å². The van der Waals surface area contributed by atoms with Gasteiger partial charge in [-0.1, -0.05) is 0 Å². The standard InChI is InChI=1S/C11H13F2N/c1-14-7-11(2-3-11)8-4-9(12)6-10(13)5-8/h4-6,14H,2-3,7H2,1H3. The molecule has 0 bridgehead atoms. The van der Waals surface area contributed by atoms with Gasteiger partial charge >= 0.3 is 0 Å². The van der Waals surface area contributed by atoms with Crippen molar-refractivity contribution in [3.05, 3.63) is 35.4 Å². The molecule has 14 heavy (non-hydrogen) atoms. The lowest BCUT2D eigenvalue weighted by atomic mass is 9.96. The van der Waals surface area contributed by atoms with Crippen LogP contribution in [0.15, 0.2) is 18.2 Å². The fourth-order valence-corrected chi connectivity index (χ4v) is 1.92. The minimum atomic E-state index is -0.484. The third-order valence-corrected chi connectivity index (χ3v) is 2.84. The summed E-state index contributed by atoms with van der Waals surface area (Å²) in [5, 5.41) is 3.06. The molecule has 1 aliphatic rings. The zero-order valence-electron chi connectivity index (χ0n) is 8.11. The van der Waals surface area contributed by atoms with Crippen molar-refractivity contribution in [3.8, 4) is 0 Å². The van der Waals surface area contributed by atoms with Gasteiger partial charge in [-0.3, -0.25) is 0 Å². The maximum atomic E-state index is 13.0. The molecule has 0 aliphatic heterocycles. The van der Waals surface area contributed by atoms with E-state index in [1.54, 1.807) is 0 Å². The fraction of sp³-hybridized carbons (Fsp3) is 0.455. The zero-order valence-corrected chi connectivity index (χ0v) is 8.11. The van der Waals surface area contributed by atoms with E-state index in [4.69, 9.17) is 0 Å². The third-order valence-electron chi connectivity index (χ3n) is 2.84. The van der Waals surface area contributed by atoms with Crippen LogP contribution in [0.3, 0.4) is 0 Å². The van der Waals surface area contributed by atoms with Crippen molar-refractivity contribution in [2.45, 2.75) is 18.3 Å². The van der Waals surface area contributed by atoms with E-state index in [9.17, 15) is 8.78 Å². The normalized spacial score (nSPS) is 18.2. The van der Waals surface area contributed by atoms with Crippen molar-refractivity contribution in [2.75, 3.05) is 13.6 Å². The first-order valence-electron chi connectivity index (χ1n) is 4.77. The highest BCUT2D eigenvalue weighted by Crippen LogP contribution is 2.47. The summed E-state index contributed by atoms with van der Waals surface area (Å²) in [5.41, 5.74) is 0.766. The number of rotatable bonds is 3. The highest BCUT2D eigenvalue weighted by molar-refractivity contribution is 5.32. The summed E-state index contributed by atoms with van der Waals surface area (Å²) in [6, 6.07) is 3.79. The van der Waals surface area contributed by atoms with Crippen LogP contribution in [0.25, 0.3) is 0 Å². The summed E-state index contributed by atoms with van der Waals surface area (Å²) in [6.45, 7) is 0.788. The lowest BCUT2D eigenvalue weighted by molar-refractivity contribution is 0.562. The first-order chi connectivity index (χ1) is 6.66. The van der Waals surface area contributed by atoms with E-state index in [2.05, 4.69) is 5.32 Å². The third kappa shape index (κ3) is 1.64. The molecule has 0 unspecified atom stereocenters. The largest absolute Gasteiger partial charge is 0.319 e. The van der Waals surface area contributed by atoms with Crippen LogP contribution in [0.5, 0.6) is 0 Å². The van der Waals surface area contributed by atoms with Gasteiger partial charge in [-0.05, 0) is 37.6 Å². The van der Waals surface area contributed by atoms with Crippen LogP contribution >= 0.6 is 0 Å². The minimum Gasteiger partial charge on any atom is -0.319 e. The molecule has 0 radical (unpaired) electrons. The Labute approximate surface area is 82.1 Å². The van der Waals surface area contributed by atoms with Gasteiger partial charge in [-0.15, -0.1) is 0 Å². The zero-order chi connectivity index (χ0) is 10.2. The van der Waals surface area contributed by atoms with Gasteiger partial charge < -0.3 is 5.32 Å². The maximum Gasteiger partial charge on any atom is 0.126 e. The predicted molar refractivity (Wildman–Crippen MR) is 51.2 cm³/mol. The predicted octanol–water partition coefficient (Wildman–Crippen LogP) is 2.22. The lowest BCUT2D eigenvalue weighted by Gasteiger charge is -2.15. The molecule has 1 fully saturated rings. The van der Waals surface area contributed by atoms with Crippen molar-refractivity contribution in [2.24, 2.45) is 0 Å². The van der Waals surface area contributed by atoms with Crippen molar-refractivity contribution >= 4 is 0 Å². The van der Waals surface area contributed by atoms with Gasteiger partial charge in [0.1, 0.15) is 11.6 Å². The van der Waals surface area contributed by atoms with Crippen LogP contribution in [0.2, 0.25) is 0 Å². The van der Waals surface area contributed by atoms with Crippen molar-refractivity contribution in [1.29, 1.82) is 0 Å². The van der Waals surface area contributed by atoms with Gasteiger partial charge in [0.2, 0.25) is 0 Å². The van der Waals surface area contributed by atoms with Gasteiger partial charge in [0.15, 0.2) is 0 Å². The number of hydrogen-bond donors (Lipinski definition) is 1. The Morgan fingerprint density at radius 3 is 2.21 bits per heavy atom. The number of benzene rings is 1. The Bertz CT molecular complexity index is 325. The van der Waals surface area contributed by atoms with E-state index in [1.807, 2.05) is 7.05 Å². The maximum absolute atomic E-state index is 13.0. The minimum absolute atomic E-state index is 0.0162. The van der Waals surface area contributed by atoms with E-state index in [-0.39, 0.29) is 5.41 Å². The molecule has 0 atom stereocenters. The number of hydrogen-bond acceptors (Lipinski definition) is 1. The van der Waals surface area contributed by atoms with E-state index in [1.165, 1.54) is 12.1 Å². The molecule has 0 saturated heterocycles. The Kier molecular flexibility index (Phi) is 2.27. The van der Waals surface area contributed by atoms with Crippen LogP contribution in [0, 0.1) is 11.6 Å². The molecule has 0 spiro atoms. The quantitative estimate of drug-likeness (QED) is 0.783. The molecule has 1 aromatic rings. The van der Waals surface area contributed by atoms with Crippen LogP contribution in [-0.2, 0) is 5.41 Å². The van der Waals surface area contributed by atoms with Crippen molar-refractivity contribution < 1.29 is 8.78 Å². The Balaban J connectivity index is 2.32. The summed E-state index contributed by atoms with van der Waals surface area (Å²) in [6.07, 6.45) is 2.02. The second kappa shape index (κ2) is 3.31. The van der Waals surface area contributed by atoms with Gasteiger partial charge in [0, 0.05) is 18.0 Å². The van der Waals surface area contributed by atoms with E-state index < -0.39 is 11.6 Å². The van der Waals surface area contributed by atoms with Gasteiger partial charge in [0.25, 0.3) is 0 Å². The average Bonchev–Trinajstić information content (AvgIpc) is 2.84. The lowest BCUT2D eigenvalue weighted by Crippen LogP contribution is -2.23. The highest BCUT2D eigenvalue weighted by Gasteiger charge is 2.43. The van der Waals surface area contributed by atoms with Crippen LogP contribution < -0.4 is 5.32 Å². The Hall–Kier alpha value is -0.960. The molecule has 76 valence electrons. The molecule has 3 heteroatoms. The highest BCUT2D eigenvalue weighted by atomic mass is 19.1.